The minimum Gasteiger partial charge on any atom is -0.328 e. The molecule has 7 heteroatoms. The Kier molecular flexibility index (Phi) is 7.08. The minimum absolute atomic E-state index is 0.00763. The van der Waals surface area contributed by atoms with E-state index >= 15 is 0 Å². The Morgan fingerprint density at radius 1 is 1.12 bits per heavy atom. The van der Waals surface area contributed by atoms with Crippen molar-refractivity contribution >= 4 is 9.84 Å². The molecular weight excluding hydrogens is 255 g/mol. The summed E-state index contributed by atoms with van der Waals surface area (Å²) >= 11 is 0. The molecule has 0 spiro atoms. The Bertz CT molecular complexity index is 299. The first-order chi connectivity index (χ1) is 7.62. The van der Waals surface area contributed by atoms with Gasteiger partial charge in [-0.15, -0.1) is 0 Å². The molecule has 0 aromatic carbocycles. The fraction of sp³-hybridized carbons (Fsp3) is 1.00. The first kappa shape index (κ1) is 16.7. The third-order valence-corrected chi connectivity index (χ3v) is 4.07. The first-order valence-electron chi connectivity index (χ1n) is 5.65. The fourth-order valence-corrected chi connectivity index (χ4v) is 2.87. The lowest BCUT2D eigenvalue weighted by molar-refractivity contribution is -0.135. The zero-order valence-electron chi connectivity index (χ0n) is 9.96. The number of hydrogen-bond acceptors (Lipinski definition) is 3. The van der Waals surface area contributed by atoms with Gasteiger partial charge in [0.05, 0.1) is 11.5 Å². The van der Waals surface area contributed by atoms with Gasteiger partial charge >= 0.3 is 6.18 Å². The van der Waals surface area contributed by atoms with Crippen molar-refractivity contribution in [3.8, 4) is 0 Å². The van der Waals surface area contributed by atoms with Crippen molar-refractivity contribution in [2.45, 2.75) is 51.2 Å². The van der Waals surface area contributed by atoms with Crippen LogP contribution in [0.4, 0.5) is 13.2 Å². The molecule has 0 amide bonds. The number of nitrogens with two attached hydrogens (primary N) is 1. The summed E-state index contributed by atoms with van der Waals surface area (Å²) in [6.45, 7) is 1.72. The molecule has 0 aromatic rings. The molecule has 0 bridgehead atoms. The summed E-state index contributed by atoms with van der Waals surface area (Å²) in [5.41, 5.74) is 5.43. The van der Waals surface area contributed by atoms with Gasteiger partial charge in [-0.3, -0.25) is 0 Å². The number of rotatable bonds is 8. The average molecular weight is 275 g/mol. The maximum absolute atomic E-state index is 11.8. The van der Waals surface area contributed by atoms with E-state index in [0.29, 0.717) is 6.42 Å². The Hall–Kier alpha value is -0.300. The molecular formula is C10H20F3NO2S. The quantitative estimate of drug-likeness (QED) is 0.691. The van der Waals surface area contributed by atoms with Crippen molar-refractivity contribution in [3.63, 3.8) is 0 Å². The Labute approximate surface area is 100 Å². The highest BCUT2D eigenvalue weighted by Gasteiger charge is 2.25. The monoisotopic (exact) mass is 275 g/mol. The van der Waals surface area contributed by atoms with Gasteiger partial charge in [-0.1, -0.05) is 6.42 Å². The van der Waals surface area contributed by atoms with Crippen LogP contribution in [0.15, 0.2) is 0 Å². The lowest BCUT2D eigenvalue weighted by atomic mass is 10.2. The molecule has 0 aliphatic rings. The van der Waals surface area contributed by atoms with Gasteiger partial charge in [0.1, 0.15) is 9.84 Å². The van der Waals surface area contributed by atoms with Crippen molar-refractivity contribution in [1.82, 2.24) is 0 Å². The topological polar surface area (TPSA) is 60.2 Å². The SMILES string of the molecule is CC(N)CCS(=O)(=O)CCCCCC(F)(F)F. The average Bonchev–Trinajstić information content (AvgIpc) is 2.12. The maximum atomic E-state index is 11.8. The van der Waals surface area contributed by atoms with E-state index < -0.39 is 22.4 Å². The van der Waals surface area contributed by atoms with E-state index in [1.807, 2.05) is 0 Å². The summed E-state index contributed by atoms with van der Waals surface area (Å²) in [6.07, 6.45) is -4.02. The smallest absolute Gasteiger partial charge is 0.328 e. The number of alkyl halides is 3. The fourth-order valence-electron chi connectivity index (χ4n) is 1.29. The molecule has 0 aliphatic heterocycles. The lowest BCUT2D eigenvalue weighted by Gasteiger charge is -2.07. The van der Waals surface area contributed by atoms with Crippen LogP contribution in [0.25, 0.3) is 0 Å². The van der Waals surface area contributed by atoms with Crippen LogP contribution in [-0.2, 0) is 9.84 Å². The van der Waals surface area contributed by atoms with Gasteiger partial charge in [0.25, 0.3) is 0 Å². The van der Waals surface area contributed by atoms with E-state index in [0.717, 1.165) is 0 Å². The highest BCUT2D eigenvalue weighted by Crippen LogP contribution is 2.22. The predicted octanol–water partition coefficient (Wildman–Crippen LogP) is 2.26. The Morgan fingerprint density at radius 2 is 1.71 bits per heavy atom. The summed E-state index contributed by atoms with van der Waals surface area (Å²) < 4.78 is 58.2. The molecule has 0 saturated carbocycles. The lowest BCUT2D eigenvalue weighted by Crippen LogP contribution is -2.21. The van der Waals surface area contributed by atoms with Crippen molar-refractivity contribution < 1.29 is 21.6 Å². The molecule has 0 rings (SSSR count). The summed E-state index contributed by atoms with van der Waals surface area (Å²) in [7, 11) is -3.15. The van der Waals surface area contributed by atoms with Crippen molar-refractivity contribution in [1.29, 1.82) is 0 Å². The standard InChI is InChI=1S/C10H20F3NO2S/c1-9(14)5-8-17(15,16)7-4-2-3-6-10(11,12)13/h9H,2-8,14H2,1H3. The van der Waals surface area contributed by atoms with Crippen LogP contribution in [0.3, 0.4) is 0 Å². The van der Waals surface area contributed by atoms with Gasteiger partial charge in [0, 0.05) is 12.5 Å². The van der Waals surface area contributed by atoms with Crippen molar-refractivity contribution in [2.24, 2.45) is 5.73 Å². The van der Waals surface area contributed by atoms with Crippen LogP contribution in [0.1, 0.15) is 39.0 Å². The summed E-state index contributed by atoms with van der Waals surface area (Å²) in [4.78, 5) is 0. The van der Waals surface area contributed by atoms with Crippen LogP contribution >= 0.6 is 0 Å². The highest BCUT2D eigenvalue weighted by atomic mass is 32.2. The molecule has 0 saturated heterocycles. The van der Waals surface area contributed by atoms with E-state index in [-0.39, 0.29) is 36.8 Å². The van der Waals surface area contributed by atoms with Gasteiger partial charge in [0.15, 0.2) is 0 Å². The van der Waals surface area contributed by atoms with Crippen LogP contribution in [-0.4, -0.2) is 32.1 Å². The van der Waals surface area contributed by atoms with E-state index in [4.69, 9.17) is 5.73 Å². The van der Waals surface area contributed by atoms with Crippen LogP contribution in [0, 0.1) is 0 Å². The van der Waals surface area contributed by atoms with Crippen LogP contribution in [0.5, 0.6) is 0 Å². The normalized spacial score (nSPS) is 14.9. The van der Waals surface area contributed by atoms with Crippen molar-refractivity contribution in [3.05, 3.63) is 0 Å². The Morgan fingerprint density at radius 3 is 2.18 bits per heavy atom. The number of sulfone groups is 1. The second kappa shape index (κ2) is 7.20. The van der Waals surface area contributed by atoms with E-state index in [1.54, 1.807) is 6.92 Å². The number of halogens is 3. The molecule has 0 aromatic heterocycles. The largest absolute Gasteiger partial charge is 0.389 e. The summed E-state index contributed by atoms with van der Waals surface area (Å²) in [6, 6.07) is -0.171. The van der Waals surface area contributed by atoms with E-state index in [2.05, 4.69) is 0 Å². The van der Waals surface area contributed by atoms with E-state index in [9.17, 15) is 21.6 Å². The van der Waals surface area contributed by atoms with Crippen LogP contribution in [0.2, 0.25) is 0 Å². The van der Waals surface area contributed by atoms with Gasteiger partial charge in [-0.05, 0) is 26.2 Å². The second-order valence-corrected chi connectivity index (χ2v) is 6.65. The molecule has 0 heterocycles. The van der Waals surface area contributed by atoms with E-state index in [1.165, 1.54) is 0 Å². The molecule has 2 N–H and O–H groups in total. The van der Waals surface area contributed by atoms with Gasteiger partial charge in [-0.2, -0.15) is 13.2 Å². The molecule has 104 valence electrons. The molecule has 0 radical (unpaired) electrons. The first-order valence-corrected chi connectivity index (χ1v) is 7.47. The molecule has 1 atom stereocenters. The molecule has 0 aliphatic carbocycles. The zero-order chi connectivity index (χ0) is 13.5. The van der Waals surface area contributed by atoms with Crippen molar-refractivity contribution in [2.75, 3.05) is 11.5 Å². The second-order valence-electron chi connectivity index (χ2n) is 4.34. The zero-order valence-corrected chi connectivity index (χ0v) is 10.8. The highest BCUT2D eigenvalue weighted by molar-refractivity contribution is 7.91. The Balaban J connectivity index is 3.67. The van der Waals surface area contributed by atoms with Gasteiger partial charge in [0.2, 0.25) is 0 Å². The van der Waals surface area contributed by atoms with Gasteiger partial charge in [-0.25, -0.2) is 8.42 Å². The maximum Gasteiger partial charge on any atom is 0.389 e. The molecule has 17 heavy (non-hydrogen) atoms. The third kappa shape index (κ3) is 12.0. The summed E-state index contributed by atoms with van der Waals surface area (Å²) in [5, 5.41) is 0. The molecule has 0 fully saturated rings. The number of hydrogen-bond donors (Lipinski definition) is 1. The molecule has 1 unspecified atom stereocenters. The van der Waals surface area contributed by atoms with Gasteiger partial charge < -0.3 is 5.73 Å². The number of unbranched alkanes of at least 4 members (excludes halogenated alkanes) is 2. The molecule has 3 nitrogen and oxygen atoms in total. The predicted molar refractivity (Wildman–Crippen MR) is 61.4 cm³/mol. The minimum atomic E-state index is -4.14. The summed E-state index contributed by atoms with van der Waals surface area (Å²) in [5.74, 6) is -0.0263. The van der Waals surface area contributed by atoms with Crippen LogP contribution < -0.4 is 5.73 Å². The third-order valence-electron chi connectivity index (χ3n) is 2.30.